The highest BCUT2D eigenvalue weighted by Gasteiger charge is 2.32. The fraction of sp³-hybridized carbons (Fsp3) is 0.476. The van der Waals surface area contributed by atoms with Gasteiger partial charge in [0.05, 0.1) is 23.1 Å². The van der Waals surface area contributed by atoms with E-state index in [2.05, 4.69) is 10.7 Å². The van der Waals surface area contributed by atoms with E-state index in [1.807, 2.05) is 44.3 Å². The lowest BCUT2D eigenvalue weighted by molar-refractivity contribution is -0.0440. The number of ether oxygens (including phenoxy) is 1. The number of thiophene rings is 1. The van der Waals surface area contributed by atoms with Crippen molar-refractivity contribution in [3.8, 4) is 0 Å². The Morgan fingerprint density at radius 2 is 1.97 bits per heavy atom. The summed E-state index contributed by atoms with van der Waals surface area (Å²) in [6.07, 6.45) is -0.342. The van der Waals surface area contributed by atoms with E-state index >= 15 is 0 Å². The van der Waals surface area contributed by atoms with Crippen LogP contribution in [0.4, 0.5) is 0 Å². The van der Waals surface area contributed by atoms with Crippen molar-refractivity contribution in [1.82, 2.24) is 14.5 Å². The first kappa shape index (κ1) is 22.9. The second-order valence-electron chi connectivity index (χ2n) is 7.85. The molecule has 0 bridgehead atoms. The topological polar surface area (TPSA) is 79.0 Å². The molecule has 0 radical (unpaired) electrons. The van der Waals surface area contributed by atoms with Gasteiger partial charge >= 0.3 is 0 Å². The molecule has 1 aliphatic rings. The minimum Gasteiger partial charge on any atom is -0.373 e. The zero-order valence-electron chi connectivity index (χ0n) is 17.7. The predicted molar refractivity (Wildman–Crippen MR) is 118 cm³/mol. The third-order valence-electron chi connectivity index (χ3n) is 5.13. The monoisotopic (exact) mass is 451 g/mol. The summed E-state index contributed by atoms with van der Waals surface area (Å²) < 4.78 is 33.3. The molecule has 3 rings (SSSR count). The van der Waals surface area contributed by atoms with Crippen LogP contribution in [0.25, 0.3) is 0 Å². The fourth-order valence-electron chi connectivity index (χ4n) is 3.63. The molecule has 0 aliphatic carbocycles. The fourth-order valence-corrected chi connectivity index (χ4v) is 5.97. The van der Waals surface area contributed by atoms with Crippen molar-refractivity contribution in [3.63, 3.8) is 0 Å². The largest absolute Gasteiger partial charge is 0.373 e. The summed E-state index contributed by atoms with van der Waals surface area (Å²) in [6.45, 7) is 4.74. The molecule has 30 heavy (non-hydrogen) atoms. The van der Waals surface area contributed by atoms with Crippen molar-refractivity contribution in [1.29, 1.82) is 0 Å². The number of nitrogens with zero attached hydrogens (tertiary/aromatic N) is 2. The summed E-state index contributed by atoms with van der Waals surface area (Å²) in [7, 11) is 0.231. The second-order valence-corrected chi connectivity index (χ2v) is 10.6. The summed E-state index contributed by atoms with van der Waals surface area (Å²) in [5.74, 6) is -0.294. The van der Waals surface area contributed by atoms with Gasteiger partial charge in [-0.05, 0) is 68.5 Å². The summed E-state index contributed by atoms with van der Waals surface area (Å²) >= 11 is 1.61. The highest BCUT2D eigenvalue weighted by molar-refractivity contribution is 7.89. The van der Waals surface area contributed by atoms with E-state index in [-0.39, 0.29) is 29.1 Å². The molecule has 2 aromatic rings. The molecule has 9 heteroatoms. The van der Waals surface area contributed by atoms with Crippen molar-refractivity contribution in [3.05, 3.63) is 52.2 Å². The van der Waals surface area contributed by atoms with Crippen LogP contribution >= 0.6 is 11.3 Å². The number of morpholine rings is 1. The van der Waals surface area contributed by atoms with E-state index in [1.165, 1.54) is 16.4 Å². The summed E-state index contributed by atoms with van der Waals surface area (Å²) in [5.41, 5.74) is 1.46. The molecule has 1 saturated heterocycles. The first-order valence-corrected chi connectivity index (χ1v) is 12.3. The zero-order chi connectivity index (χ0) is 21.9. The number of nitrogens with one attached hydrogen (secondary N) is 1. The number of likely N-dealkylation sites (N-methyl/N-ethyl adjacent to an activating group) is 1. The molecule has 1 aliphatic heterocycles. The molecule has 1 fully saturated rings. The first-order chi connectivity index (χ1) is 14.2. The van der Waals surface area contributed by atoms with Crippen molar-refractivity contribution >= 4 is 27.3 Å². The van der Waals surface area contributed by atoms with Gasteiger partial charge in [-0.15, -0.1) is 0 Å². The van der Waals surface area contributed by atoms with Crippen LogP contribution in [0.15, 0.2) is 46.0 Å². The van der Waals surface area contributed by atoms with Crippen LogP contribution in [-0.4, -0.2) is 69.5 Å². The number of carbonyl (C=O) groups is 1. The quantitative estimate of drug-likeness (QED) is 0.700. The van der Waals surface area contributed by atoms with E-state index in [9.17, 15) is 13.2 Å². The van der Waals surface area contributed by atoms with Gasteiger partial charge in [0.2, 0.25) is 10.0 Å². The van der Waals surface area contributed by atoms with E-state index in [1.54, 1.807) is 23.5 Å². The van der Waals surface area contributed by atoms with Crippen LogP contribution in [0, 0.1) is 0 Å². The highest BCUT2D eigenvalue weighted by Crippen LogP contribution is 2.23. The molecule has 2 heterocycles. The molecule has 1 aromatic carbocycles. The molecule has 164 valence electrons. The van der Waals surface area contributed by atoms with Gasteiger partial charge in [-0.2, -0.15) is 15.6 Å². The second kappa shape index (κ2) is 9.57. The normalized spacial score (nSPS) is 21.5. The average molecular weight is 452 g/mol. The minimum absolute atomic E-state index is 0.0449. The molecule has 7 nitrogen and oxygen atoms in total. The van der Waals surface area contributed by atoms with E-state index in [0.717, 1.165) is 5.56 Å². The maximum absolute atomic E-state index is 13.1. The Balaban J connectivity index is 1.73. The standard InChI is InChI=1S/C21H29N3O4S2/c1-15-12-24(13-16(2)28-15)30(26,27)19-7-5-6-17(10-19)21(25)22-11-20(23(3)4)18-8-9-29-14-18/h5-10,14-16,20H,11-13H2,1-4H3,(H,22,25). The third-order valence-corrected chi connectivity index (χ3v) is 7.66. The Labute approximate surface area is 182 Å². The molecular weight excluding hydrogens is 422 g/mol. The van der Waals surface area contributed by atoms with Gasteiger partial charge in [0, 0.05) is 25.2 Å². The SMILES string of the molecule is CC1CN(S(=O)(=O)c2cccc(C(=O)NCC(c3ccsc3)N(C)C)c2)CC(C)O1. The molecule has 1 aromatic heterocycles. The van der Waals surface area contributed by atoms with Gasteiger partial charge in [-0.1, -0.05) is 6.07 Å². The number of hydrogen-bond donors (Lipinski definition) is 1. The van der Waals surface area contributed by atoms with Gasteiger partial charge in [0.25, 0.3) is 5.91 Å². The Morgan fingerprint density at radius 3 is 2.57 bits per heavy atom. The molecule has 1 N–H and O–H groups in total. The lowest BCUT2D eigenvalue weighted by atomic mass is 10.1. The zero-order valence-corrected chi connectivity index (χ0v) is 19.4. The van der Waals surface area contributed by atoms with Gasteiger partial charge in [0.1, 0.15) is 0 Å². The van der Waals surface area contributed by atoms with Crippen LogP contribution in [0.1, 0.15) is 35.8 Å². The van der Waals surface area contributed by atoms with Crippen LogP contribution in [0.5, 0.6) is 0 Å². The Bertz CT molecular complexity index is 950. The number of amides is 1. The number of hydrogen-bond acceptors (Lipinski definition) is 6. The van der Waals surface area contributed by atoms with Gasteiger partial charge in [-0.25, -0.2) is 8.42 Å². The Morgan fingerprint density at radius 1 is 1.27 bits per heavy atom. The molecular formula is C21H29N3O4S2. The predicted octanol–water partition coefficient (Wildman–Crippen LogP) is 2.58. The average Bonchev–Trinajstić information content (AvgIpc) is 3.21. The van der Waals surface area contributed by atoms with E-state index in [4.69, 9.17) is 4.74 Å². The maximum Gasteiger partial charge on any atom is 0.251 e. The number of carbonyl (C=O) groups excluding carboxylic acids is 1. The molecule has 3 atom stereocenters. The minimum atomic E-state index is -3.70. The number of sulfonamides is 1. The van der Waals surface area contributed by atoms with Crippen molar-refractivity contribution in [2.75, 3.05) is 33.7 Å². The van der Waals surface area contributed by atoms with Crippen molar-refractivity contribution in [2.45, 2.75) is 37.0 Å². The number of rotatable bonds is 7. The summed E-state index contributed by atoms with van der Waals surface area (Å²) in [5, 5.41) is 7.01. The molecule has 0 saturated carbocycles. The molecule has 1 amide bonds. The van der Waals surface area contributed by atoms with Crippen LogP contribution < -0.4 is 5.32 Å². The van der Waals surface area contributed by atoms with Gasteiger partial charge in [-0.3, -0.25) is 4.79 Å². The van der Waals surface area contributed by atoms with Crippen molar-refractivity contribution in [2.24, 2.45) is 0 Å². The first-order valence-electron chi connectivity index (χ1n) is 9.91. The lowest BCUT2D eigenvalue weighted by Gasteiger charge is -2.34. The van der Waals surface area contributed by atoms with Gasteiger partial charge in [0.15, 0.2) is 0 Å². The summed E-state index contributed by atoms with van der Waals surface area (Å²) in [4.78, 5) is 14.9. The van der Waals surface area contributed by atoms with Crippen LogP contribution in [-0.2, 0) is 14.8 Å². The third kappa shape index (κ3) is 5.28. The van der Waals surface area contributed by atoms with E-state index < -0.39 is 10.0 Å². The van der Waals surface area contributed by atoms with Crippen LogP contribution in [0.3, 0.4) is 0 Å². The highest BCUT2D eigenvalue weighted by atomic mass is 32.2. The van der Waals surface area contributed by atoms with E-state index in [0.29, 0.717) is 25.2 Å². The lowest BCUT2D eigenvalue weighted by Crippen LogP contribution is -2.48. The maximum atomic E-state index is 13.1. The number of benzene rings is 1. The summed E-state index contributed by atoms with van der Waals surface area (Å²) in [6, 6.07) is 8.31. The van der Waals surface area contributed by atoms with Crippen molar-refractivity contribution < 1.29 is 17.9 Å². The molecule has 0 spiro atoms. The van der Waals surface area contributed by atoms with Crippen LogP contribution in [0.2, 0.25) is 0 Å². The smallest absolute Gasteiger partial charge is 0.251 e. The Hall–Kier alpha value is -1.78. The Kier molecular flexibility index (Phi) is 7.30. The van der Waals surface area contributed by atoms with Gasteiger partial charge < -0.3 is 15.0 Å². The molecule has 3 unspecified atom stereocenters.